The highest BCUT2D eigenvalue weighted by atomic mass is 32.2. The molecule has 3 N–H and O–H groups in total. The number of nitrogens with two attached hydrogens (primary N) is 1. The zero-order valence-corrected chi connectivity index (χ0v) is 16.3. The van der Waals surface area contributed by atoms with Crippen LogP contribution < -0.4 is 15.2 Å². The van der Waals surface area contributed by atoms with Crippen molar-refractivity contribution in [2.24, 2.45) is 15.1 Å². The van der Waals surface area contributed by atoms with E-state index in [9.17, 15) is 8.42 Å². The minimum Gasteiger partial charge on any atom is -0.494 e. The molecular formula is C17H26N6O3S. The van der Waals surface area contributed by atoms with Crippen molar-refractivity contribution in [3.8, 4) is 5.75 Å². The van der Waals surface area contributed by atoms with Gasteiger partial charge in [-0.2, -0.15) is 8.42 Å². The zero-order valence-electron chi connectivity index (χ0n) is 15.5. The summed E-state index contributed by atoms with van der Waals surface area (Å²) in [5, 5.41) is 0. The summed E-state index contributed by atoms with van der Waals surface area (Å²) in [6, 6.07) is 8.13. The molecule has 0 amide bonds. The molecule has 2 aliphatic heterocycles. The van der Waals surface area contributed by atoms with Crippen LogP contribution in [0.3, 0.4) is 0 Å². The van der Waals surface area contributed by atoms with E-state index in [4.69, 9.17) is 10.5 Å². The van der Waals surface area contributed by atoms with Crippen LogP contribution in [0.15, 0.2) is 33.7 Å². The fourth-order valence-electron chi connectivity index (χ4n) is 2.93. The van der Waals surface area contributed by atoms with Crippen LogP contribution in [-0.2, 0) is 16.8 Å². The maximum atomic E-state index is 11.2. The molecule has 0 atom stereocenters. The number of hydrogen-bond acceptors (Lipinski definition) is 7. The standard InChI is InChI=1S/C17H26N6O3S/c1-22-7-9-23(10-8-22)13-14-4-2-5-15(12-14)26-11-3-6-19-17-16(18)20-27(24,25)21-17/h2,4-5,12H,3,6-11,13H2,1H3,(H2,18,20)(H,19,21). The van der Waals surface area contributed by atoms with Crippen molar-refractivity contribution in [3.05, 3.63) is 29.8 Å². The van der Waals surface area contributed by atoms with Crippen LogP contribution in [-0.4, -0.2) is 76.3 Å². The number of benzene rings is 1. The van der Waals surface area contributed by atoms with E-state index in [0.29, 0.717) is 19.6 Å². The van der Waals surface area contributed by atoms with E-state index in [2.05, 4.69) is 43.1 Å². The van der Waals surface area contributed by atoms with E-state index >= 15 is 0 Å². The van der Waals surface area contributed by atoms with Gasteiger partial charge in [0.1, 0.15) is 5.75 Å². The maximum absolute atomic E-state index is 11.2. The molecule has 1 aromatic carbocycles. The van der Waals surface area contributed by atoms with Crippen molar-refractivity contribution in [1.29, 1.82) is 0 Å². The van der Waals surface area contributed by atoms with Crippen molar-refractivity contribution < 1.29 is 13.2 Å². The van der Waals surface area contributed by atoms with Crippen LogP contribution in [0, 0.1) is 0 Å². The molecule has 1 aromatic rings. The molecular weight excluding hydrogens is 368 g/mol. The Morgan fingerprint density at radius 2 is 2.07 bits per heavy atom. The van der Waals surface area contributed by atoms with Crippen LogP contribution in [0.2, 0.25) is 0 Å². The average Bonchev–Trinajstić information content (AvgIpc) is 2.89. The fraction of sp³-hybridized carbons (Fsp3) is 0.529. The first-order valence-electron chi connectivity index (χ1n) is 8.97. The molecule has 27 heavy (non-hydrogen) atoms. The third-order valence-electron chi connectivity index (χ3n) is 4.43. The topological polar surface area (TPSA) is 113 Å². The molecule has 0 unspecified atom stereocenters. The van der Waals surface area contributed by atoms with Crippen LogP contribution in [0.1, 0.15) is 12.0 Å². The van der Waals surface area contributed by atoms with Gasteiger partial charge in [-0.05, 0) is 24.7 Å². The van der Waals surface area contributed by atoms with Crippen LogP contribution >= 0.6 is 0 Å². The molecule has 148 valence electrons. The average molecular weight is 395 g/mol. The molecule has 9 nitrogen and oxygen atoms in total. The third kappa shape index (κ3) is 5.91. The van der Waals surface area contributed by atoms with Crippen molar-refractivity contribution in [2.75, 3.05) is 46.4 Å². The van der Waals surface area contributed by atoms with Crippen LogP contribution in [0.4, 0.5) is 0 Å². The minimum absolute atomic E-state index is 0.101. The Bertz CT molecular complexity index is 816. The van der Waals surface area contributed by atoms with Gasteiger partial charge < -0.3 is 15.4 Å². The second-order valence-electron chi connectivity index (χ2n) is 6.71. The summed E-state index contributed by atoms with van der Waals surface area (Å²) in [4.78, 5) is 8.90. The SMILES string of the molecule is CN1CCN(Cc2cccc(OCCCN=C3NS(=O)(=O)N=C3N)c2)CC1. The predicted octanol–water partition coefficient (Wildman–Crippen LogP) is -0.193. The lowest BCUT2D eigenvalue weighted by molar-refractivity contribution is 0.148. The van der Waals surface area contributed by atoms with E-state index in [1.54, 1.807) is 0 Å². The summed E-state index contributed by atoms with van der Waals surface area (Å²) in [5.41, 5.74) is 6.74. The summed E-state index contributed by atoms with van der Waals surface area (Å²) < 4.78 is 33.7. The van der Waals surface area contributed by atoms with Gasteiger partial charge in [0.05, 0.1) is 6.61 Å². The Kier molecular flexibility index (Phi) is 6.30. The second kappa shape index (κ2) is 8.68. The van der Waals surface area contributed by atoms with Gasteiger partial charge in [-0.1, -0.05) is 12.1 Å². The lowest BCUT2D eigenvalue weighted by Crippen LogP contribution is -2.43. The molecule has 2 heterocycles. The highest BCUT2D eigenvalue weighted by Gasteiger charge is 2.23. The first-order valence-corrected chi connectivity index (χ1v) is 10.4. The van der Waals surface area contributed by atoms with E-state index in [0.717, 1.165) is 38.5 Å². The predicted molar refractivity (Wildman–Crippen MR) is 105 cm³/mol. The zero-order chi connectivity index (χ0) is 19.3. The minimum atomic E-state index is -3.71. The number of nitrogens with one attached hydrogen (secondary N) is 1. The summed E-state index contributed by atoms with van der Waals surface area (Å²) in [7, 11) is -1.55. The Balaban J connectivity index is 1.42. The summed E-state index contributed by atoms with van der Waals surface area (Å²) in [6.45, 7) is 6.18. The monoisotopic (exact) mass is 394 g/mol. The van der Waals surface area contributed by atoms with Gasteiger partial charge in [0, 0.05) is 45.7 Å². The quantitative estimate of drug-likeness (QED) is 0.620. The second-order valence-corrected chi connectivity index (χ2v) is 8.05. The highest BCUT2D eigenvalue weighted by molar-refractivity contribution is 7.89. The molecule has 1 fully saturated rings. The summed E-state index contributed by atoms with van der Waals surface area (Å²) >= 11 is 0. The molecule has 0 saturated carbocycles. The Hall–Kier alpha value is -2.17. The number of piperazine rings is 1. The molecule has 1 saturated heterocycles. The molecule has 3 rings (SSSR count). The van der Waals surface area contributed by atoms with Gasteiger partial charge in [0.15, 0.2) is 11.7 Å². The fourth-order valence-corrected chi connectivity index (χ4v) is 3.73. The van der Waals surface area contributed by atoms with Gasteiger partial charge in [-0.3, -0.25) is 9.89 Å². The lowest BCUT2D eigenvalue weighted by atomic mass is 10.2. The number of aliphatic imine (C=N–C) groups is 1. The van der Waals surface area contributed by atoms with E-state index in [1.807, 2.05) is 12.1 Å². The molecule has 0 aromatic heterocycles. The van der Waals surface area contributed by atoms with Gasteiger partial charge in [-0.15, -0.1) is 4.40 Å². The van der Waals surface area contributed by atoms with Crippen molar-refractivity contribution in [2.45, 2.75) is 13.0 Å². The van der Waals surface area contributed by atoms with E-state index in [-0.39, 0.29) is 11.7 Å². The van der Waals surface area contributed by atoms with Crippen molar-refractivity contribution in [1.82, 2.24) is 14.5 Å². The van der Waals surface area contributed by atoms with Gasteiger partial charge in [0.2, 0.25) is 0 Å². The first kappa shape index (κ1) is 19.6. The van der Waals surface area contributed by atoms with Gasteiger partial charge in [-0.25, -0.2) is 4.72 Å². The molecule has 0 aliphatic carbocycles. The number of ether oxygens (including phenoxy) is 1. The lowest BCUT2D eigenvalue weighted by Gasteiger charge is -2.32. The normalized spacial score (nSPS) is 21.8. The molecule has 0 radical (unpaired) electrons. The van der Waals surface area contributed by atoms with E-state index in [1.165, 1.54) is 5.56 Å². The first-order chi connectivity index (χ1) is 12.9. The number of nitrogens with zero attached hydrogens (tertiary/aromatic N) is 4. The maximum Gasteiger partial charge on any atom is 0.345 e. The molecule has 0 spiro atoms. The van der Waals surface area contributed by atoms with Crippen molar-refractivity contribution in [3.63, 3.8) is 0 Å². The molecule has 0 bridgehead atoms. The number of rotatable bonds is 7. The largest absolute Gasteiger partial charge is 0.494 e. The summed E-state index contributed by atoms with van der Waals surface area (Å²) in [6.07, 6.45) is 0.640. The van der Waals surface area contributed by atoms with Crippen LogP contribution in [0.25, 0.3) is 0 Å². The number of amidine groups is 2. The third-order valence-corrected chi connectivity index (χ3v) is 5.32. The molecule has 2 aliphatic rings. The number of hydrogen-bond donors (Lipinski definition) is 2. The van der Waals surface area contributed by atoms with Gasteiger partial charge >= 0.3 is 10.2 Å². The Labute approximate surface area is 160 Å². The number of likely N-dealkylation sites (N-methyl/N-ethyl adjacent to an activating group) is 1. The van der Waals surface area contributed by atoms with E-state index < -0.39 is 10.2 Å². The van der Waals surface area contributed by atoms with Crippen molar-refractivity contribution >= 4 is 21.9 Å². The van der Waals surface area contributed by atoms with Gasteiger partial charge in [0.25, 0.3) is 0 Å². The molecule has 10 heteroatoms. The highest BCUT2D eigenvalue weighted by Crippen LogP contribution is 2.16. The Morgan fingerprint density at radius 1 is 1.30 bits per heavy atom. The van der Waals surface area contributed by atoms with Crippen LogP contribution in [0.5, 0.6) is 5.75 Å². The Morgan fingerprint density at radius 3 is 2.78 bits per heavy atom. The smallest absolute Gasteiger partial charge is 0.345 e. The summed E-state index contributed by atoms with van der Waals surface area (Å²) in [5.74, 6) is 0.827.